The van der Waals surface area contributed by atoms with Crippen molar-refractivity contribution < 1.29 is 13.2 Å². The molecule has 0 amide bonds. The summed E-state index contributed by atoms with van der Waals surface area (Å²) in [5.41, 5.74) is 0.225. The molecular weight excluding hydrogens is 203 g/mol. The second-order valence-electron chi connectivity index (χ2n) is 3.74. The number of alkyl halides is 3. The van der Waals surface area contributed by atoms with Crippen molar-refractivity contribution in [1.82, 2.24) is 4.98 Å². The zero-order valence-electron chi connectivity index (χ0n) is 9.02. The van der Waals surface area contributed by atoms with Crippen LogP contribution < -0.4 is 0 Å². The molecule has 0 radical (unpaired) electrons. The first-order valence-electron chi connectivity index (χ1n) is 4.93. The average molecular weight is 217 g/mol. The van der Waals surface area contributed by atoms with Gasteiger partial charge in [-0.2, -0.15) is 13.2 Å². The Morgan fingerprint density at radius 2 is 1.87 bits per heavy atom. The lowest BCUT2D eigenvalue weighted by atomic mass is 10.0. The molecule has 1 rings (SSSR count). The number of aromatic nitrogens is 1. The number of halogens is 3. The van der Waals surface area contributed by atoms with Gasteiger partial charge < -0.3 is 0 Å². The molecule has 0 aliphatic heterocycles. The molecule has 0 aliphatic rings. The fourth-order valence-corrected chi connectivity index (χ4v) is 1.39. The molecule has 15 heavy (non-hydrogen) atoms. The van der Waals surface area contributed by atoms with E-state index in [1.807, 2.05) is 6.92 Å². The normalized spacial score (nSPS) is 12.2. The molecule has 1 nitrogen and oxygen atoms in total. The maximum absolute atomic E-state index is 12.6. The number of pyridine rings is 1. The molecule has 0 atom stereocenters. The van der Waals surface area contributed by atoms with Crippen LogP contribution in [0.2, 0.25) is 0 Å². The molecule has 4 heteroatoms. The monoisotopic (exact) mass is 217 g/mol. The molecule has 0 aliphatic carbocycles. The number of rotatable bonds is 2. The Bertz CT molecular complexity index is 342. The van der Waals surface area contributed by atoms with Crippen LogP contribution in [0.15, 0.2) is 12.1 Å². The van der Waals surface area contributed by atoms with Crippen LogP contribution in [0, 0.1) is 0 Å². The molecule has 0 aromatic carbocycles. The highest BCUT2D eigenvalue weighted by atomic mass is 19.4. The Labute approximate surface area is 87.3 Å². The van der Waals surface area contributed by atoms with E-state index in [1.54, 1.807) is 13.8 Å². The van der Waals surface area contributed by atoms with Gasteiger partial charge in [0.25, 0.3) is 0 Å². The van der Waals surface area contributed by atoms with Crippen molar-refractivity contribution >= 4 is 0 Å². The molecular formula is C11H14F3N. The lowest BCUT2D eigenvalue weighted by Gasteiger charge is -2.15. The van der Waals surface area contributed by atoms with Crippen molar-refractivity contribution in [2.75, 3.05) is 0 Å². The van der Waals surface area contributed by atoms with E-state index in [0.717, 1.165) is 6.07 Å². The molecule has 0 saturated heterocycles. The first-order valence-corrected chi connectivity index (χ1v) is 4.93. The van der Waals surface area contributed by atoms with Crippen LogP contribution >= 0.6 is 0 Å². The summed E-state index contributed by atoms with van der Waals surface area (Å²) in [4.78, 5) is 4.04. The quantitative estimate of drug-likeness (QED) is 0.734. The van der Waals surface area contributed by atoms with Gasteiger partial charge in [-0.3, -0.25) is 4.98 Å². The molecule has 0 saturated carbocycles. The Morgan fingerprint density at radius 3 is 2.27 bits per heavy atom. The van der Waals surface area contributed by atoms with Gasteiger partial charge in [0.2, 0.25) is 0 Å². The van der Waals surface area contributed by atoms with Crippen LogP contribution in [0.4, 0.5) is 13.2 Å². The Morgan fingerprint density at radius 1 is 1.27 bits per heavy atom. The molecule has 84 valence electrons. The average Bonchev–Trinajstić information content (AvgIpc) is 2.15. The number of aryl methyl sites for hydroxylation is 1. The van der Waals surface area contributed by atoms with E-state index >= 15 is 0 Å². The maximum Gasteiger partial charge on any atom is 0.418 e. The molecule has 0 fully saturated rings. The Hall–Kier alpha value is -1.06. The largest absolute Gasteiger partial charge is 0.418 e. The van der Waals surface area contributed by atoms with E-state index in [0.29, 0.717) is 12.1 Å². The summed E-state index contributed by atoms with van der Waals surface area (Å²) in [7, 11) is 0. The maximum atomic E-state index is 12.6. The molecule has 0 unspecified atom stereocenters. The van der Waals surface area contributed by atoms with Crippen LogP contribution in [0.5, 0.6) is 0 Å². The van der Waals surface area contributed by atoms with Crippen LogP contribution in [0.3, 0.4) is 0 Å². The van der Waals surface area contributed by atoms with Crippen LogP contribution in [0.25, 0.3) is 0 Å². The van der Waals surface area contributed by atoms with Gasteiger partial charge in [-0.05, 0) is 24.5 Å². The predicted molar refractivity (Wildman–Crippen MR) is 52.7 cm³/mol. The van der Waals surface area contributed by atoms with Crippen LogP contribution in [0.1, 0.15) is 43.6 Å². The third-order valence-corrected chi connectivity index (χ3v) is 2.20. The van der Waals surface area contributed by atoms with Gasteiger partial charge in [0.15, 0.2) is 0 Å². The number of hydrogen-bond acceptors (Lipinski definition) is 1. The van der Waals surface area contributed by atoms with Gasteiger partial charge in [-0.1, -0.05) is 20.8 Å². The second-order valence-corrected chi connectivity index (χ2v) is 3.74. The number of nitrogens with zero attached hydrogens (tertiary/aromatic N) is 1. The van der Waals surface area contributed by atoms with Gasteiger partial charge in [-0.25, -0.2) is 0 Å². The van der Waals surface area contributed by atoms with Crippen LogP contribution in [-0.2, 0) is 12.6 Å². The standard InChI is InChI=1S/C11H14F3N/c1-4-8-5-6-9(11(12,13)14)10(15-8)7(2)3/h5-7H,4H2,1-3H3. The smallest absolute Gasteiger partial charge is 0.257 e. The summed E-state index contributed by atoms with van der Waals surface area (Å²) >= 11 is 0. The first-order chi connectivity index (χ1) is 6.86. The van der Waals surface area contributed by atoms with Gasteiger partial charge in [-0.15, -0.1) is 0 Å². The van der Waals surface area contributed by atoms with E-state index in [-0.39, 0.29) is 11.6 Å². The minimum Gasteiger partial charge on any atom is -0.257 e. The lowest BCUT2D eigenvalue weighted by molar-refractivity contribution is -0.138. The summed E-state index contributed by atoms with van der Waals surface area (Å²) in [5.74, 6) is -0.215. The molecule has 0 bridgehead atoms. The number of hydrogen-bond donors (Lipinski definition) is 0. The first kappa shape index (κ1) is 12.0. The summed E-state index contributed by atoms with van der Waals surface area (Å²) in [6, 6.07) is 2.57. The van der Waals surface area contributed by atoms with Crippen molar-refractivity contribution in [3.63, 3.8) is 0 Å². The van der Waals surface area contributed by atoms with Crippen molar-refractivity contribution in [3.05, 3.63) is 29.1 Å². The summed E-state index contributed by atoms with van der Waals surface area (Å²) < 4.78 is 37.8. The van der Waals surface area contributed by atoms with E-state index in [2.05, 4.69) is 4.98 Å². The minimum atomic E-state index is -4.31. The van der Waals surface area contributed by atoms with Crippen molar-refractivity contribution in [3.8, 4) is 0 Å². The summed E-state index contributed by atoms with van der Waals surface area (Å²) in [6.07, 6.45) is -3.66. The molecule has 1 aromatic heterocycles. The van der Waals surface area contributed by atoms with E-state index < -0.39 is 11.7 Å². The van der Waals surface area contributed by atoms with Gasteiger partial charge in [0, 0.05) is 5.69 Å². The third-order valence-electron chi connectivity index (χ3n) is 2.20. The molecule has 0 spiro atoms. The lowest BCUT2D eigenvalue weighted by Crippen LogP contribution is -2.12. The van der Waals surface area contributed by atoms with Crippen molar-refractivity contribution in [1.29, 1.82) is 0 Å². The SMILES string of the molecule is CCc1ccc(C(F)(F)F)c(C(C)C)n1. The van der Waals surface area contributed by atoms with Crippen molar-refractivity contribution in [2.24, 2.45) is 0 Å². The zero-order valence-corrected chi connectivity index (χ0v) is 9.02. The zero-order chi connectivity index (χ0) is 11.6. The Balaban J connectivity index is 3.28. The fraction of sp³-hybridized carbons (Fsp3) is 0.545. The van der Waals surface area contributed by atoms with Gasteiger partial charge >= 0.3 is 6.18 Å². The van der Waals surface area contributed by atoms with Gasteiger partial charge in [0.1, 0.15) is 0 Å². The highest BCUT2D eigenvalue weighted by molar-refractivity contribution is 5.28. The molecule has 1 aromatic rings. The van der Waals surface area contributed by atoms with Gasteiger partial charge in [0.05, 0.1) is 11.3 Å². The summed E-state index contributed by atoms with van der Waals surface area (Å²) in [5, 5.41) is 0. The highest BCUT2D eigenvalue weighted by Gasteiger charge is 2.34. The van der Waals surface area contributed by atoms with Crippen molar-refractivity contribution in [2.45, 2.75) is 39.3 Å². The minimum absolute atomic E-state index is 0.141. The predicted octanol–water partition coefficient (Wildman–Crippen LogP) is 3.79. The Kier molecular flexibility index (Phi) is 3.37. The molecule has 1 heterocycles. The van der Waals surface area contributed by atoms with E-state index in [9.17, 15) is 13.2 Å². The summed E-state index contributed by atoms with van der Waals surface area (Å²) in [6.45, 7) is 5.31. The fourth-order valence-electron chi connectivity index (χ4n) is 1.39. The third kappa shape index (κ3) is 2.70. The topological polar surface area (TPSA) is 12.9 Å². The highest BCUT2D eigenvalue weighted by Crippen LogP contribution is 2.34. The second kappa shape index (κ2) is 4.21. The molecule has 0 N–H and O–H groups in total. The van der Waals surface area contributed by atoms with E-state index in [4.69, 9.17) is 0 Å². The van der Waals surface area contributed by atoms with Crippen LogP contribution in [-0.4, -0.2) is 4.98 Å². The van der Waals surface area contributed by atoms with E-state index in [1.165, 1.54) is 6.07 Å².